The van der Waals surface area contributed by atoms with Crippen LogP contribution in [0.4, 0.5) is 13.2 Å². The average molecular weight is 340 g/mol. The molecule has 0 aliphatic heterocycles. The molecule has 0 fully saturated rings. The van der Waals surface area contributed by atoms with Crippen molar-refractivity contribution in [3.63, 3.8) is 0 Å². The lowest BCUT2D eigenvalue weighted by molar-refractivity contribution is 0.505. The fraction of sp³-hybridized carbons (Fsp3) is 0.0909. The largest absolute Gasteiger partial charge is 0.206 e. The molecule has 0 aliphatic carbocycles. The van der Waals surface area contributed by atoms with Gasteiger partial charge in [-0.1, -0.05) is 54.1 Å². The highest BCUT2D eigenvalue weighted by Crippen LogP contribution is 2.31. The number of halogens is 3. The lowest BCUT2D eigenvalue weighted by atomic mass is 9.98. The Morgan fingerprint density at radius 2 is 1.20 bits per heavy atom. The highest BCUT2D eigenvalue weighted by Gasteiger charge is 2.16. The molecule has 0 amide bonds. The van der Waals surface area contributed by atoms with Gasteiger partial charge in [-0.3, -0.25) is 0 Å². The second-order valence-corrected chi connectivity index (χ2v) is 5.62. The summed E-state index contributed by atoms with van der Waals surface area (Å²) in [6, 6.07) is 15.1. The number of hydrogen-bond donors (Lipinski definition) is 0. The van der Waals surface area contributed by atoms with Gasteiger partial charge in [-0.15, -0.1) is 13.2 Å². The van der Waals surface area contributed by atoms with Crippen molar-refractivity contribution in [2.75, 3.05) is 0 Å². The van der Waals surface area contributed by atoms with Crippen LogP contribution in [0, 0.1) is 31.3 Å². The van der Waals surface area contributed by atoms with E-state index in [2.05, 4.69) is 13.2 Å². The first-order valence-corrected chi connectivity index (χ1v) is 7.79. The minimum Gasteiger partial charge on any atom is -0.206 e. The predicted molar refractivity (Wildman–Crippen MR) is 97.9 cm³/mol. The Morgan fingerprint density at radius 1 is 0.640 bits per heavy atom. The van der Waals surface area contributed by atoms with Crippen LogP contribution in [0.2, 0.25) is 0 Å². The van der Waals surface area contributed by atoms with Crippen LogP contribution in [0.25, 0.3) is 22.3 Å². The van der Waals surface area contributed by atoms with Crippen LogP contribution >= 0.6 is 0 Å². The van der Waals surface area contributed by atoms with Gasteiger partial charge in [0.05, 0.1) is 0 Å². The van der Waals surface area contributed by atoms with Crippen molar-refractivity contribution >= 4 is 0 Å². The van der Waals surface area contributed by atoms with E-state index in [0.29, 0.717) is 5.56 Å². The van der Waals surface area contributed by atoms with Crippen molar-refractivity contribution in [2.24, 2.45) is 0 Å². The Bertz CT molecular complexity index is 881. The fourth-order valence-corrected chi connectivity index (χ4v) is 2.51. The summed E-state index contributed by atoms with van der Waals surface area (Å²) in [5.74, 6) is -2.54. The van der Waals surface area contributed by atoms with Gasteiger partial charge in [-0.2, -0.15) is 0 Å². The number of rotatable bonds is 2. The molecule has 0 N–H and O–H groups in total. The zero-order valence-corrected chi connectivity index (χ0v) is 14.2. The minimum absolute atomic E-state index is 0.0530. The van der Waals surface area contributed by atoms with Gasteiger partial charge >= 0.3 is 0 Å². The lowest BCUT2D eigenvalue weighted by Crippen LogP contribution is -1.95. The first kappa shape index (κ1) is 18.5. The van der Waals surface area contributed by atoms with Gasteiger partial charge in [-0.05, 0) is 36.6 Å². The first-order valence-electron chi connectivity index (χ1n) is 7.79. The molecular formula is C22H19F3. The van der Waals surface area contributed by atoms with Crippen LogP contribution in [0.1, 0.15) is 11.1 Å². The third-order valence-electron chi connectivity index (χ3n) is 3.92. The van der Waals surface area contributed by atoms with Crippen molar-refractivity contribution in [3.05, 3.63) is 96.3 Å². The monoisotopic (exact) mass is 340 g/mol. The quantitative estimate of drug-likeness (QED) is 0.447. The molecule has 0 bridgehead atoms. The molecule has 0 radical (unpaired) electrons. The third kappa shape index (κ3) is 3.82. The molecule has 0 saturated carbocycles. The van der Waals surface area contributed by atoms with Crippen molar-refractivity contribution in [1.29, 1.82) is 0 Å². The predicted octanol–water partition coefficient (Wildman–Crippen LogP) is 6.86. The van der Waals surface area contributed by atoms with Crippen molar-refractivity contribution < 1.29 is 13.2 Å². The highest BCUT2D eigenvalue weighted by atomic mass is 19.2. The van der Waals surface area contributed by atoms with Gasteiger partial charge < -0.3 is 0 Å². The Hall–Kier alpha value is -2.81. The van der Waals surface area contributed by atoms with E-state index in [1.165, 1.54) is 31.2 Å². The Labute approximate surface area is 146 Å². The summed E-state index contributed by atoms with van der Waals surface area (Å²) in [7, 11) is 0. The van der Waals surface area contributed by atoms with Crippen LogP contribution in [0.5, 0.6) is 0 Å². The first-order chi connectivity index (χ1) is 12.0. The summed E-state index contributed by atoms with van der Waals surface area (Å²) in [5.41, 5.74) is 2.86. The SMILES string of the molecule is C=C.Cc1ccc(-c2ccc(-c3ccc(C)c(F)c3F)c(F)c2)cc1. The molecule has 25 heavy (non-hydrogen) atoms. The molecule has 0 spiro atoms. The number of aryl methyl sites for hydroxylation is 2. The summed E-state index contributed by atoms with van der Waals surface area (Å²) in [6.07, 6.45) is 0. The molecule has 0 atom stereocenters. The van der Waals surface area contributed by atoms with Gasteiger partial charge in [-0.25, -0.2) is 13.2 Å². The van der Waals surface area contributed by atoms with E-state index < -0.39 is 17.5 Å². The fourth-order valence-electron chi connectivity index (χ4n) is 2.51. The van der Waals surface area contributed by atoms with Gasteiger partial charge in [0.25, 0.3) is 0 Å². The normalized spacial score (nSPS) is 10.1. The van der Waals surface area contributed by atoms with Gasteiger partial charge in [0.1, 0.15) is 5.82 Å². The van der Waals surface area contributed by atoms with E-state index in [0.717, 1.165) is 11.1 Å². The van der Waals surface area contributed by atoms with Gasteiger partial charge in [0.15, 0.2) is 11.6 Å². The molecule has 0 unspecified atom stereocenters. The molecule has 3 rings (SSSR count). The van der Waals surface area contributed by atoms with Crippen LogP contribution in [-0.2, 0) is 0 Å². The lowest BCUT2D eigenvalue weighted by Gasteiger charge is -2.09. The van der Waals surface area contributed by atoms with Crippen LogP contribution in [0.3, 0.4) is 0 Å². The Morgan fingerprint density at radius 3 is 1.80 bits per heavy atom. The van der Waals surface area contributed by atoms with E-state index in [1.807, 2.05) is 31.2 Å². The number of benzene rings is 3. The maximum Gasteiger partial charge on any atom is 0.167 e. The topological polar surface area (TPSA) is 0 Å². The summed E-state index contributed by atoms with van der Waals surface area (Å²) >= 11 is 0. The molecule has 0 aliphatic rings. The molecule has 3 heteroatoms. The standard InChI is InChI=1S/C20H15F3.C2H4/c1-12-3-6-14(7-4-12)15-8-10-16(18(21)11-15)17-9-5-13(2)19(22)20(17)23;1-2/h3-11H,1-2H3;1-2H2. The second-order valence-electron chi connectivity index (χ2n) is 5.62. The molecule has 3 aromatic rings. The molecule has 0 aromatic heterocycles. The van der Waals surface area contributed by atoms with E-state index in [9.17, 15) is 13.2 Å². The highest BCUT2D eigenvalue weighted by molar-refractivity contribution is 5.71. The van der Waals surface area contributed by atoms with Crippen molar-refractivity contribution in [3.8, 4) is 22.3 Å². The smallest absolute Gasteiger partial charge is 0.167 e. The summed E-state index contributed by atoms with van der Waals surface area (Å²) < 4.78 is 42.2. The van der Waals surface area contributed by atoms with Crippen LogP contribution in [0.15, 0.2) is 67.8 Å². The summed E-state index contributed by atoms with van der Waals surface area (Å²) in [6.45, 7) is 9.45. The zero-order valence-electron chi connectivity index (χ0n) is 14.2. The molecule has 0 heterocycles. The Balaban J connectivity index is 0.00000109. The second kappa shape index (κ2) is 7.84. The molecule has 0 nitrogen and oxygen atoms in total. The van der Waals surface area contributed by atoms with E-state index in [1.54, 1.807) is 6.07 Å². The third-order valence-corrected chi connectivity index (χ3v) is 3.92. The van der Waals surface area contributed by atoms with Gasteiger partial charge in [0, 0.05) is 11.1 Å². The van der Waals surface area contributed by atoms with Crippen molar-refractivity contribution in [1.82, 2.24) is 0 Å². The Kier molecular flexibility index (Phi) is 5.81. The number of hydrogen-bond acceptors (Lipinski definition) is 0. The van der Waals surface area contributed by atoms with Crippen molar-refractivity contribution in [2.45, 2.75) is 13.8 Å². The van der Waals surface area contributed by atoms with Gasteiger partial charge in [0.2, 0.25) is 0 Å². The van der Waals surface area contributed by atoms with Crippen LogP contribution < -0.4 is 0 Å². The van der Waals surface area contributed by atoms with E-state index in [-0.39, 0.29) is 16.7 Å². The average Bonchev–Trinajstić information content (AvgIpc) is 2.63. The molecule has 128 valence electrons. The van der Waals surface area contributed by atoms with E-state index in [4.69, 9.17) is 0 Å². The summed E-state index contributed by atoms with van der Waals surface area (Å²) in [5, 5.41) is 0. The van der Waals surface area contributed by atoms with E-state index >= 15 is 0 Å². The molecule has 3 aromatic carbocycles. The molecular weight excluding hydrogens is 321 g/mol. The minimum atomic E-state index is -1.02. The van der Waals surface area contributed by atoms with Crippen LogP contribution in [-0.4, -0.2) is 0 Å². The zero-order chi connectivity index (χ0) is 18.6. The summed E-state index contributed by atoms with van der Waals surface area (Å²) in [4.78, 5) is 0. The molecule has 0 saturated heterocycles. The maximum atomic E-state index is 14.4. The maximum absolute atomic E-state index is 14.4.